The normalized spacial score (nSPS) is 11.0. The van der Waals surface area contributed by atoms with Crippen molar-refractivity contribution >= 4 is 22.7 Å². The average molecular weight is 340 g/mol. The van der Waals surface area contributed by atoms with E-state index in [1.165, 1.54) is 10.9 Å². The molecule has 0 atom stereocenters. The smallest absolute Gasteiger partial charge is 0.267 e. The number of hydrogen-bond donors (Lipinski definition) is 0. The van der Waals surface area contributed by atoms with Crippen LogP contribution in [0.25, 0.3) is 11.1 Å². The van der Waals surface area contributed by atoms with Gasteiger partial charge in [-0.25, -0.2) is 4.98 Å². The Hall–Kier alpha value is -2.96. The summed E-state index contributed by atoms with van der Waals surface area (Å²) in [6, 6.07) is 7.71. The Morgan fingerprint density at radius 3 is 2.76 bits per heavy atom. The molecule has 0 aliphatic heterocycles. The molecule has 0 saturated carbocycles. The van der Waals surface area contributed by atoms with Crippen molar-refractivity contribution in [2.75, 3.05) is 11.4 Å². The van der Waals surface area contributed by atoms with Crippen LogP contribution in [0.3, 0.4) is 0 Å². The standard InChI is InChI=1S/C18H20N4O3/c1-4-9-22(14-8-6-5-7-12(14)2)15(23)10-21-11-19-17-16(18(21)24)13(3)20-25-17/h5-8,11H,4,9-10H2,1-3H3. The molecule has 3 rings (SSSR count). The van der Waals surface area contributed by atoms with Gasteiger partial charge in [-0.3, -0.25) is 14.2 Å². The molecule has 0 fully saturated rings. The molecule has 0 aliphatic rings. The Labute approximate surface area is 144 Å². The molecule has 7 heteroatoms. The summed E-state index contributed by atoms with van der Waals surface area (Å²) in [4.78, 5) is 31.2. The maximum atomic E-state index is 12.9. The van der Waals surface area contributed by atoms with Gasteiger partial charge in [0.05, 0.1) is 5.69 Å². The van der Waals surface area contributed by atoms with Gasteiger partial charge in [-0.15, -0.1) is 0 Å². The third-order valence-electron chi connectivity index (χ3n) is 4.09. The van der Waals surface area contributed by atoms with E-state index in [2.05, 4.69) is 10.1 Å². The topological polar surface area (TPSA) is 81.2 Å². The van der Waals surface area contributed by atoms with Gasteiger partial charge in [0.1, 0.15) is 18.3 Å². The van der Waals surface area contributed by atoms with Gasteiger partial charge in [-0.2, -0.15) is 0 Å². The summed E-state index contributed by atoms with van der Waals surface area (Å²) in [6.45, 7) is 6.16. The number of carbonyl (C=O) groups excluding carboxylic acids is 1. The summed E-state index contributed by atoms with van der Waals surface area (Å²) in [5.74, 6) is -0.159. The first-order chi connectivity index (χ1) is 12.0. The van der Waals surface area contributed by atoms with Crippen molar-refractivity contribution in [1.29, 1.82) is 0 Å². The highest BCUT2D eigenvalue weighted by atomic mass is 16.5. The average Bonchev–Trinajstić information content (AvgIpc) is 2.98. The van der Waals surface area contributed by atoms with Gasteiger partial charge in [-0.1, -0.05) is 30.3 Å². The molecule has 2 heterocycles. The van der Waals surface area contributed by atoms with Crippen LogP contribution in [-0.4, -0.2) is 27.2 Å². The van der Waals surface area contributed by atoms with E-state index in [0.29, 0.717) is 17.6 Å². The third-order valence-corrected chi connectivity index (χ3v) is 4.09. The first-order valence-electron chi connectivity index (χ1n) is 8.20. The highest BCUT2D eigenvalue weighted by Crippen LogP contribution is 2.20. The largest absolute Gasteiger partial charge is 0.335 e. The Bertz CT molecular complexity index is 974. The monoisotopic (exact) mass is 340 g/mol. The van der Waals surface area contributed by atoms with Gasteiger partial charge in [0.25, 0.3) is 11.3 Å². The van der Waals surface area contributed by atoms with Crippen LogP contribution in [0.4, 0.5) is 5.69 Å². The molecule has 25 heavy (non-hydrogen) atoms. The molecule has 0 N–H and O–H groups in total. The molecular weight excluding hydrogens is 320 g/mol. The molecule has 1 amide bonds. The van der Waals surface area contributed by atoms with Crippen LogP contribution in [-0.2, 0) is 11.3 Å². The van der Waals surface area contributed by atoms with E-state index in [0.717, 1.165) is 17.7 Å². The number of carbonyl (C=O) groups is 1. The predicted molar refractivity (Wildman–Crippen MR) is 94.6 cm³/mol. The Kier molecular flexibility index (Phi) is 4.65. The fraction of sp³-hybridized carbons (Fsp3) is 0.333. The fourth-order valence-corrected chi connectivity index (χ4v) is 2.82. The van der Waals surface area contributed by atoms with Crippen LogP contribution in [0.5, 0.6) is 0 Å². The minimum Gasteiger partial charge on any atom is -0.335 e. The molecule has 0 unspecified atom stereocenters. The lowest BCUT2D eigenvalue weighted by molar-refractivity contribution is -0.119. The van der Waals surface area contributed by atoms with Crippen LogP contribution in [0.15, 0.2) is 39.9 Å². The van der Waals surface area contributed by atoms with E-state index in [1.807, 2.05) is 38.1 Å². The minimum atomic E-state index is -0.321. The second-order valence-electron chi connectivity index (χ2n) is 5.96. The Morgan fingerprint density at radius 1 is 1.28 bits per heavy atom. The van der Waals surface area contributed by atoms with Gasteiger partial charge in [0, 0.05) is 12.2 Å². The van der Waals surface area contributed by atoms with E-state index in [1.54, 1.807) is 11.8 Å². The maximum absolute atomic E-state index is 12.9. The Morgan fingerprint density at radius 2 is 2.04 bits per heavy atom. The Balaban J connectivity index is 1.94. The number of aromatic nitrogens is 3. The van der Waals surface area contributed by atoms with Gasteiger partial charge < -0.3 is 9.42 Å². The SMILES string of the molecule is CCCN(C(=O)Cn1cnc2onc(C)c2c1=O)c1ccccc1C. The summed E-state index contributed by atoms with van der Waals surface area (Å²) in [5, 5.41) is 4.07. The molecule has 3 aromatic rings. The summed E-state index contributed by atoms with van der Waals surface area (Å²) in [5.41, 5.74) is 2.21. The molecule has 0 spiro atoms. The molecule has 7 nitrogen and oxygen atoms in total. The van der Waals surface area contributed by atoms with Crippen molar-refractivity contribution in [2.45, 2.75) is 33.7 Å². The predicted octanol–water partition coefficient (Wildman–Crippen LogP) is 2.44. The number of nitrogens with zero attached hydrogens (tertiary/aromatic N) is 4. The van der Waals surface area contributed by atoms with Crippen LogP contribution < -0.4 is 10.5 Å². The second kappa shape index (κ2) is 6.88. The summed E-state index contributed by atoms with van der Waals surface area (Å²) < 4.78 is 6.29. The van der Waals surface area contributed by atoms with E-state index in [9.17, 15) is 9.59 Å². The first kappa shape index (κ1) is 16.9. The number of rotatable bonds is 5. The van der Waals surface area contributed by atoms with E-state index in [-0.39, 0.29) is 23.7 Å². The molecule has 130 valence electrons. The van der Waals surface area contributed by atoms with Crippen molar-refractivity contribution < 1.29 is 9.32 Å². The fourth-order valence-electron chi connectivity index (χ4n) is 2.82. The molecule has 0 aliphatic carbocycles. The van der Waals surface area contributed by atoms with Crippen LogP contribution in [0, 0.1) is 13.8 Å². The van der Waals surface area contributed by atoms with Crippen molar-refractivity contribution in [2.24, 2.45) is 0 Å². The molecule has 0 radical (unpaired) electrons. The van der Waals surface area contributed by atoms with Crippen LogP contribution >= 0.6 is 0 Å². The van der Waals surface area contributed by atoms with Crippen molar-refractivity contribution in [1.82, 2.24) is 14.7 Å². The zero-order valence-electron chi connectivity index (χ0n) is 14.5. The third kappa shape index (κ3) is 3.17. The number of anilines is 1. The van der Waals surface area contributed by atoms with Crippen LogP contribution in [0.2, 0.25) is 0 Å². The zero-order chi connectivity index (χ0) is 18.0. The number of fused-ring (bicyclic) bond motifs is 1. The number of amides is 1. The van der Waals surface area contributed by atoms with E-state index < -0.39 is 0 Å². The number of hydrogen-bond acceptors (Lipinski definition) is 5. The van der Waals surface area contributed by atoms with E-state index in [4.69, 9.17) is 4.52 Å². The minimum absolute atomic E-state index is 0.0826. The van der Waals surface area contributed by atoms with Gasteiger partial charge >= 0.3 is 0 Å². The number of benzene rings is 1. The van der Waals surface area contributed by atoms with Gasteiger partial charge in [-0.05, 0) is 31.9 Å². The van der Waals surface area contributed by atoms with Gasteiger partial charge in [0.15, 0.2) is 0 Å². The second-order valence-corrected chi connectivity index (χ2v) is 5.96. The first-order valence-corrected chi connectivity index (χ1v) is 8.20. The maximum Gasteiger partial charge on any atom is 0.267 e. The highest BCUT2D eigenvalue weighted by Gasteiger charge is 2.19. The van der Waals surface area contributed by atoms with E-state index >= 15 is 0 Å². The van der Waals surface area contributed by atoms with Crippen molar-refractivity contribution in [3.63, 3.8) is 0 Å². The quantitative estimate of drug-likeness (QED) is 0.712. The summed E-state index contributed by atoms with van der Waals surface area (Å²) in [6.07, 6.45) is 2.15. The highest BCUT2D eigenvalue weighted by molar-refractivity contribution is 5.94. The molecule has 1 aromatic carbocycles. The zero-order valence-corrected chi connectivity index (χ0v) is 14.5. The molecule has 2 aromatic heterocycles. The lowest BCUT2D eigenvalue weighted by atomic mass is 10.1. The van der Waals surface area contributed by atoms with Crippen molar-refractivity contribution in [3.8, 4) is 0 Å². The number of aryl methyl sites for hydroxylation is 2. The summed E-state index contributed by atoms with van der Waals surface area (Å²) in [7, 11) is 0. The van der Waals surface area contributed by atoms with Crippen LogP contribution in [0.1, 0.15) is 24.6 Å². The lowest BCUT2D eigenvalue weighted by Crippen LogP contribution is -2.37. The lowest BCUT2D eigenvalue weighted by Gasteiger charge is -2.24. The molecule has 0 saturated heterocycles. The molecule has 0 bridgehead atoms. The van der Waals surface area contributed by atoms with Gasteiger partial charge in [0.2, 0.25) is 5.91 Å². The van der Waals surface area contributed by atoms with Crippen molar-refractivity contribution in [3.05, 3.63) is 52.2 Å². The molecular formula is C18H20N4O3. The number of para-hydroxylation sites is 1. The summed E-state index contributed by atoms with van der Waals surface area (Å²) >= 11 is 0.